The Balaban J connectivity index is 1.48. The van der Waals surface area contributed by atoms with Crippen LogP contribution in [-0.2, 0) is 11.3 Å². The summed E-state index contributed by atoms with van der Waals surface area (Å²) in [5, 5.41) is 3.32. The fraction of sp³-hybridized carbons (Fsp3) is 0.333. The molecule has 1 fully saturated rings. The number of carbonyl (C=O) groups excluding carboxylic acids is 2. The predicted molar refractivity (Wildman–Crippen MR) is 103 cm³/mol. The average Bonchev–Trinajstić information content (AvgIpc) is 3.50. The van der Waals surface area contributed by atoms with Crippen LogP contribution in [0.1, 0.15) is 41.6 Å². The first-order chi connectivity index (χ1) is 13.4. The second-order valence-electron chi connectivity index (χ2n) is 6.85. The van der Waals surface area contributed by atoms with E-state index in [2.05, 4.69) is 5.32 Å². The van der Waals surface area contributed by atoms with Gasteiger partial charge in [0.25, 0.3) is 5.91 Å². The SMILES string of the molecule is O=C(NCCCC(=O)N(Cc1ccc(F)cc1F)C1CC1)c1ccc(Cl)cc1. The summed E-state index contributed by atoms with van der Waals surface area (Å²) in [4.78, 5) is 26.2. The van der Waals surface area contributed by atoms with Gasteiger partial charge in [0.05, 0.1) is 0 Å². The zero-order chi connectivity index (χ0) is 20.1. The molecule has 2 aromatic rings. The van der Waals surface area contributed by atoms with E-state index in [1.54, 1.807) is 29.2 Å². The Bertz CT molecular complexity index is 854. The highest BCUT2D eigenvalue weighted by molar-refractivity contribution is 6.30. The van der Waals surface area contributed by atoms with Gasteiger partial charge in [0.2, 0.25) is 5.91 Å². The number of halogens is 3. The van der Waals surface area contributed by atoms with E-state index < -0.39 is 11.6 Å². The molecule has 0 unspecified atom stereocenters. The Morgan fingerprint density at radius 1 is 1.11 bits per heavy atom. The van der Waals surface area contributed by atoms with E-state index in [4.69, 9.17) is 11.6 Å². The minimum Gasteiger partial charge on any atom is -0.352 e. The van der Waals surface area contributed by atoms with Crippen molar-refractivity contribution in [1.82, 2.24) is 10.2 Å². The monoisotopic (exact) mass is 406 g/mol. The van der Waals surface area contributed by atoms with Crippen LogP contribution in [0.25, 0.3) is 0 Å². The molecule has 2 amide bonds. The van der Waals surface area contributed by atoms with Gasteiger partial charge in [0, 0.05) is 47.8 Å². The van der Waals surface area contributed by atoms with Crippen molar-refractivity contribution in [2.75, 3.05) is 6.54 Å². The zero-order valence-electron chi connectivity index (χ0n) is 15.3. The number of hydrogen-bond acceptors (Lipinski definition) is 2. The Labute approximate surface area is 167 Å². The number of nitrogens with zero attached hydrogens (tertiary/aromatic N) is 1. The summed E-state index contributed by atoms with van der Waals surface area (Å²) in [5.74, 6) is -1.60. The van der Waals surface area contributed by atoms with E-state index in [0.717, 1.165) is 18.9 Å². The molecule has 1 aliphatic rings. The van der Waals surface area contributed by atoms with Gasteiger partial charge in [-0.05, 0) is 49.6 Å². The number of carbonyl (C=O) groups is 2. The van der Waals surface area contributed by atoms with Gasteiger partial charge in [-0.2, -0.15) is 0 Å². The minimum atomic E-state index is -0.645. The highest BCUT2D eigenvalue weighted by Crippen LogP contribution is 2.29. The molecule has 1 aliphatic carbocycles. The molecular weight excluding hydrogens is 386 g/mol. The number of nitrogens with one attached hydrogen (secondary N) is 1. The molecule has 7 heteroatoms. The van der Waals surface area contributed by atoms with Gasteiger partial charge in [-0.3, -0.25) is 9.59 Å². The summed E-state index contributed by atoms with van der Waals surface area (Å²) < 4.78 is 27.0. The predicted octanol–water partition coefficient (Wildman–Crippen LogP) is 4.32. The summed E-state index contributed by atoms with van der Waals surface area (Å²) in [6.07, 6.45) is 2.51. The van der Waals surface area contributed by atoms with Crippen LogP contribution in [0.5, 0.6) is 0 Å². The lowest BCUT2D eigenvalue weighted by Gasteiger charge is -2.23. The lowest BCUT2D eigenvalue weighted by Crippen LogP contribution is -2.33. The van der Waals surface area contributed by atoms with E-state index in [1.165, 1.54) is 12.1 Å². The van der Waals surface area contributed by atoms with Crippen molar-refractivity contribution in [1.29, 1.82) is 0 Å². The molecule has 0 aliphatic heterocycles. The number of benzene rings is 2. The Kier molecular flexibility index (Phi) is 6.62. The Hall–Kier alpha value is -2.47. The van der Waals surface area contributed by atoms with E-state index in [-0.39, 0.29) is 30.8 Å². The standard InChI is InChI=1S/C21H21ClF2N2O2/c22-16-6-3-14(4-7-16)21(28)25-11-1-2-20(27)26(18-9-10-18)13-15-5-8-17(23)12-19(15)24/h3-8,12,18H,1-2,9-11,13H2,(H,25,28). The molecule has 2 aromatic carbocycles. The third kappa shape index (κ3) is 5.52. The van der Waals surface area contributed by atoms with Crippen molar-refractivity contribution in [2.45, 2.75) is 38.3 Å². The van der Waals surface area contributed by atoms with Crippen LogP contribution in [0.4, 0.5) is 8.78 Å². The van der Waals surface area contributed by atoms with Crippen molar-refractivity contribution < 1.29 is 18.4 Å². The number of amides is 2. The van der Waals surface area contributed by atoms with E-state index in [0.29, 0.717) is 29.1 Å². The fourth-order valence-corrected chi connectivity index (χ4v) is 3.06. The lowest BCUT2D eigenvalue weighted by atomic mass is 10.1. The first kappa shape index (κ1) is 20.3. The van der Waals surface area contributed by atoms with Gasteiger partial charge in [0.1, 0.15) is 11.6 Å². The van der Waals surface area contributed by atoms with Gasteiger partial charge < -0.3 is 10.2 Å². The summed E-state index contributed by atoms with van der Waals surface area (Å²) in [6, 6.07) is 10.1. The Morgan fingerprint density at radius 3 is 2.46 bits per heavy atom. The van der Waals surface area contributed by atoms with Crippen LogP contribution >= 0.6 is 11.6 Å². The molecule has 0 atom stereocenters. The maximum Gasteiger partial charge on any atom is 0.251 e. The molecule has 0 radical (unpaired) electrons. The third-order valence-electron chi connectivity index (χ3n) is 4.62. The largest absolute Gasteiger partial charge is 0.352 e. The maximum absolute atomic E-state index is 13.9. The molecule has 4 nitrogen and oxygen atoms in total. The second kappa shape index (κ2) is 9.15. The maximum atomic E-state index is 13.9. The quantitative estimate of drug-likeness (QED) is 0.664. The van der Waals surface area contributed by atoms with Crippen molar-refractivity contribution in [2.24, 2.45) is 0 Å². The van der Waals surface area contributed by atoms with E-state index >= 15 is 0 Å². The molecule has 0 bridgehead atoms. The van der Waals surface area contributed by atoms with Crippen LogP contribution in [0.2, 0.25) is 5.02 Å². The molecule has 148 valence electrons. The fourth-order valence-electron chi connectivity index (χ4n) is 2.93. The van der Waals surface area contributed by atoms with Gasteiger partial charge in [-0.25, -0.2) is 8.78 Å². The highest BCUT2D eigenvalue weighted by Gasteiger charge is 2.32. The first-order valence-corrected chi connectivity index (χ1v) is 9.59. The van der Waals surface area contributed by atoms with Crippen LogP contribution in [-0.4, -0.2) is 29.3 Å². The van der Waals surface area contributed by atoms with Crippen LogP contribution < -0.4 is 5.32 Å². The van der Waals surface area contributed by atoms with Crippen molar-refractivity contribution in [3.05, 3.63) is 70.2 Å². The summed E-state index contributed by atoms with van der Waals surface area (Å²) in [6.45, 7) is 0.489. The second-order valence-corrected chi connectivity index (χ2v) is 7.29. The minimum absolute atomic E-state index is 0.0908. The van der Waals surface area contributed by atoms with Gasteiger partial charge >= 0.3 is 0 Å². The average molecular weight is 407 g/mol. The molecule has 0 heterocycles. The lowest BCUT2D eigenvalue weighted by molar-refractivity contribution is -0.132. The normalized spacial score (nSPS) is 13.2. The zero-order valence-corrected chi connectivity index (χ0v) is 16.0. The smallest absolute Gasteiger partial charge is 0.251 e. The van der Waals surface area contributed by atoms with Crippen molar-refractivity contribution >= 4 is 23.4 Å². The van der Waals surface area contributed by atoms with Gasteiger partial charge in [-0.15, -0.1) is 0 Å². The molecular formula is C21H21ClF2N2O2. The first-order valence-electron chi connectivity index (χ1n) is 9.21. The summed E-state index contributed by atoms with van der Waals surface area (Å²) >= 11 is 5.80. The molecule has 28 heavy (non-hydrogen) atoms. The summed E-state index contributed by atoms with van der Waals surface area (Å²) in [5.41, 5.74) is 0.805. The van der Waals surface area contributed by atoms with Crippen LogP contribution in [0.15, 0.2) is 42.5 Å². The molecule has 0 aromatic heterocycles. The van der Waals surface area contributed by atoms with Gasteiger partial charge in [-0.1, -0.05) is 17.7 Å². The van der Waals surface area contributed by atoms with E-state index in [9.17, 15) is 18.4 Å². The number of rotatable bonds is 8. The molecule has 0 spiro atoms. The van der Waals surface area contributed by atoms with Crippen molar-refractivity contribution in [3.63, 3.8) is 0 Å². The molecule has 1 N–H and O–H groups in total. The van der Waals surface area contributed by atoms with E-state index in [1.807, 2.05) is 0 Å². The highest BCUT2D eigenvalue weighted by atomic mass is 35.5. The molecule has 0 saturated heterocycles. The van der Waals surface area contributed by atoms with Crippen LogP contribution in [0, 0.1) is 11.6 Å². The summed E-state index contributed by atoms with van der Waals surface area (Å²) in [7, 11) is 0. The third-order valence-corrected chi connectivity index (χ3v) is 4.88. The topological polar surface area (TPSA) is 49.4 Å². The Morgan fingerprint density at radius 2 is 1.82 bits per heavy atom. The van der Waals surface area contributed by atoms with Crippen LogP contribution in [0.3, 0.4) is 0 Å². The molecule has 1 saturated carbocycles. The molecule has 3 rings (SSSR count). The number of hydrogen-bond donors (Lipinski definition) is 1. The van der Waals surface area contributed by atoms with Crippen molar-refractivity contribution in [3.8, 4) is 0 Å². The van der Waals surface area contributed by atoms with Gasteiger partial charge in [0.15, 0.2) is 0 Å².